The summed E-state index contributed by atoms with van der Waals surface area (Å²) in [5.74, 6) is 0.197. The zero-order chi connectivity index (χ0) is 18.6. The number of likely N-dealkylation sites (tertiary alicyclic amines) is 2. The van der Waals surface area contributed by atoms with E-state index in [0.717, 1.165) is 13.0 Å². The predicted molar refractivity (Wildman–Crippen MR) is 93.1 cm³/mol. The van der Waals surface area contributed by atoms with Gasteiger partial charge in [0.1, 0.15) is 23.8 Å². The maximum absolute atomic E-state index is 12.9. The number of hydrogen-bond donors (Lipinski definition) is 1. The highest BCUT2D eigenvalue weighted by atomic mass is 19.1. The third-order valence-corrected chi connectivity index (χ3v) is 5.00. The Morgan fingerprint density at radius 3 is 2.69 bits per heavy atom. The molecule has 2 heterocycles. The van der Waals surface area contributed by atoms with Crippen LogP contribution in [0.5, 0.6) is 5.75 Å². The molecule has 0 spiro atoms. The molecule has 3 rings (SSSR count). The summed E-state index contributed by atoms with van der Waals surface area (Å²) in [7, 11) is 0. The van der Waals surface area contributed by atoms with Crippen molar-refractivity contribution >= 4 is 11.8 Å². The molecule has 0 aromatic heterocycles. The second-order valence-electron chi connectivity index (χ2n) is 7.12. The monoisotopic (exact) mass is 364 g/mol. The van der Waals surface area contributed by atoms with E-state index >= 15 is 0 Å². The standard InChI is InChI=1S/C19H25FN2O4/c20-15-4-6-16(7-5-15)26-14-19(25)9-2-11-22(13-19)18(24)8-12-21-10-1-3-17(21)23/h4-7,25H,1-3,8-14H2. The molecule has 26 heavy (non-hydrogen) atoms. The number of halogens is 1. The summed E-state index contributed by atoms with van der Waals surface area (Å²) < 4.78 is 18.5. The topological polar surface area (TPSA) is 70.1 Å². The van der Waals surface area contributed by atoms with Gasteiger partial charge in [-0.05, 0) is 43.5 Å². The third kappa shape index (κ3) is 4.72. The molecule has 2 aliphatic heterocycles. The molecule has 1 unspecified atom stereocenters. The van der Waals surface area contributed by atoms with Crippen molar-refractivity contribution in [2.75, 3.05) is 32.8 Å². The molecule has 1 N–H and O–H groups in total. The number of amides is 2. The first-order valence-electron chi connectivity index (χ1n) is 9.11. The van der Waals surface area contributed by atoms with Gasteiger partial charge in [-0.15, -0.1) is 0 Å². The molecule has 7 heteroatoms. The van der Waals surface area contributed by atoms with Crippen molar-refractivity contribution in [1.29, 1.82) is 0 Å². The normalized spacial score (nSPS) is 23.4. The second-order valence-corrected chi connectivity index (χ2v) is 7.12. The largest absolute Gasteiger partial charge is 0.491 e. The van der Waals surface area contributed by atoms with E-state index in [-0.39, 0.29) is 37.2 Å². The number of β-amino-alcohol motifs (C(OH)–C–C–N with tert-alkyl or cyclic N) is 1. The van der Waals surface area contributed by atoms with Crippen LogP contribution >= 0.6 is 0 Å². The molecular formula is C19H25FN2O4. The minimum atomic E-state index is -1.12. The van der Waals surface area contributed by atoms with Crippen LogP contribution in [0.4, 0.5) is 4.39 Å². The van der Waals surface area contributed by atoms with Crippen molar-refractivity contribution in [2.45, 2.75) is 37.7 Å². The third-order valence-electron chi connectivity index (χ3n) is 5.00. The molecule has 142 valence electrons. The van der Waals surface area contributed by atoms with Gasteiger partial charge in [0.25, 0.3) is 0 Å². The summed E-state index contributed by atoms with van der Waals surface area (Å²) in [6, 6.07) is 5.63. The van der Waals surface area contributed by atoms with E-state index < -0.39 is 5.60 Å². The fraction of sp³-hybridized carbons (Fsp3) is 0.579. The van der Waals surface area contributed by atoms with Crippen LogP contribution in [0.15, 0.2) is 24.3 Å². The van der Waals surface area contributed by atoms with Gasteiger partial charge in [0.05, 0.1) is 6.54 Å². The Hall–Kier alpha value is -2.15. The fourth-order valence-corrected chi connectivity index (χ4v) is 3.52. The Bertz CT molecular complexity index is 651. The predicted octanol–water partition coefficient (Wildman–Crippen LogP) is 1.57. The van der Waals surface area contributed by atoms with E-state index in [4.69, 9.17) is 4.74 Å². The van der Waals surface area contributed by atoms with Crippen LogP contribution in [0.2, 0.25) is 0 Å². The summed E-state index contributed by atoms with van der Waals surface area (Å²) >= 11 is 0. The number of rotatable bonds is 6. The van der Waals surface area contributed by atoms with Gasteiger partial charge < -0.3 is 19.6 Å². The average Bonchev–Trinajstić information content (AvgIpc) is 3.04. The molecule has 1 aromatic carbocycles. The highest BCUT2D eigenvalue weighted by Crippen LogP contribution is 2.24. The number of piperidine rings is 1. The number of hydrogen-bond acceptors (Lipinski definition) is 4. The molecule has 2 aliphatic rings. The number of nitrogens with zero attached hydrogens (tertiary/aromatic N) is 2. The Labute approximate surface area is 152 Å². The molecule has 0 radical (unpaired) electrons. The van der Waals surface area contributed by atoms with Crippen molar-refractivity contribution < 1.29 is 23.8 Å². The van der Waals surface area contributed by atoms with Crippen LogP contribution in [0.3, 0.4) is 0 Å². The van der Waals surface area contributed by atoms with Crippen LogP contribution in [-0.2, 0) is 9.59 Å². The lowest BCUT2D eigenvalue weighted by atomic mass is 9.93. The zero-order valence-corrected chi connectivity index (χ0v) is 14.8. The summed E-state index contributed by atoms with van der Waals surface area (Å²) in [6.07, 6.45) is 2.94. The minimum Gasteiger partial charge on any atom is -0.491 e. The Balaban J connectivity index is 1.49. The van der Waals surface area contributed by atoms with E-state index in [2.05, 4.69) is 0 Å². The lowest BCUT2D eigenvalue weighted by Crippen LogP contribution is -2.53. The Morgan fingerprint density at radius 1 is 1.23 bits per heavy atom. The van der Waals surface area contributed by atoms with E-state index in [1.165, 1.54) is 24.3 Å². The molecule has 2 amide bonds. The first kappa shape index (κ1) is 18.6. The van der Waals surface area contributed by atoms with Crippen molar-refractivity contribution in [1.82, 2.24) is 9.80 Å². The number of aliphatic hydroxyl groups is 1. The van der Waals surface area contributed by atoms with E-state index in [1.54, 1.807) is 9.80 Å². The zero-order valence-electron chi connectivity index (χ0n) is 14.8. The van der Waals surface area contributed by atoms with E-state index in [0.29, 0.717) is 38.1 Å². The molecule has 0 aliphatic carbocycles. The molecule has 6 nitrogen and oxygen atoms in total. The molecule has 1 aromatic rings. The van der Waals surface area contributed by atoms with Gasteiger partial charge >= 0.3 is 0 Å². The number of ether oxygens (including phenoxy) is 1. The lowest BCUT2D eigenvalue weighted by molar-refractivity contribution is -0.140. The van der Waals surface area contributed by atoms with Crippen molar-refractivity contribution in [2.24, 2.45) is 0 Å². The van der Waals surface area contributed by atoms with E-state index in [9.17, 15) is 19.1 Å². The van der Waals surface area contributed by atoms with Gasteiger partial charge in [-0.1, -0.05) is 0 Å². The van der Waals surface area contributed by atoms with E-state index in [1.807, 2.05) is 0 Å². The van der Waals surface area contributed by atoms with Gasteiger partial charge in [0.2, 0.25) is 11.8 Å². The van der Waals surface area contributed by atoms with Crippen molar-refractivity contribution in [3.05, 3.63) is 30.1 Å². The molecule has 2 saturated heterocycles. The summed E-state index contributed by atoms with van der Waals surface area (Å²) in [5.41, 5.74) is -1.12. The molecule has 0 saturated carbocycles. The number of carbonyl (C=O) groups is 2. The van der Waals surface area contributed by atoms with Gasteiger partial charge in [-0.3, -0.25) is 9.59 Å². The average molecular weight is 364 g/mol. The number of benzene rings is 1. The summed E-state index contributed by atoms with van der Waals surface area (Å²) in [6.45, 7) is 2.03. The molecule has 2 fully saturated rings. The summed E-state index contributed by atoms with van der Waals surface area (Å²) in [4.78, 5) is 27.5. The van der Waals surface area contributed by atoms with Crippen LogP contribution in [0, 0.1) is 5.82 Å². The quantitative estimate of drug-likeness (QED) is 0.832. The maximum Gasteiger partial charge on any atom is 0.224 e. The Kier molecular flexibility index (Phi) is 5.76. The number of carbonyl (C=O) groups excluding carboxylic acids is 2. The van der Waals surface area contributed by atoms with Crippen LogP contribution in [0.1, 0.15) is 32.1 Å². The molecular weight excluding hydrogens is 339 g/mol. The van der Waals surface area contributed by atoms with Crippen molar-refractivity contribution in [3.63, 3.8) is 0 Å². The fourth-order valence-electron chi connectivity index (χ4n) is 3.52. The van der Waals surface area contributed by atoms with Crippen LogP contribution < -0.4 is 4.74 Å². The molecule has 1 atom stereocenters. The minimum absolute atomic E-state index is 0.0486. The molecule has 0 bridgehead atoms. The lowest BCUT2D eigenvalue weighted by Gasteiger charge is -2.39. The van der Waals surface area contributed by atoms with Gasteiger partial charge in [-0.2, -0.15) is 0 Å². The smallest absolute Gasteiger partial charge is 0.224 e. The first-order valence-corrected chi connectivity index (χ1v) is 9.11. The first-order chi connectivity index (χ1) is 12.5. The van der Waals surface area contributed by atoms with Crippen molar-refractivity contribution in [3.8, 4) is 5.75 Å². The van der Waals surface area contributed by atoms with Crippen LogP contribution in [-0.4, -0.2) is 65.1 Å². The maximum atomic E-state index is 12.9. The van der Waals surface area contributed by atoms with Gasteiger partial charge in [0, 0.05) is 32.5 Å². The Morgan fingerprint density at radius 2 is 2.00 bits per heavy atom. The van der Waals surface area contributed by atoms with Gasteiger partial charge in [-0.25, -0.2) is 4.39 Å². The second kappa shape index (κ2) is 8.03. The SMILES string of the molecule is O=C1CCCN1CCC(=O)N1CCCC(O)(COc2ccc(F)cc2)C1. The highest BCUT2D eigenvalue weighted by Gasteiger charge is 2.36. The highest BCUT2D eigenvalue weighted by molar-refractivity contribution is 5.80. The summed E-state index contributed by atoms with van der Waals surface area (Å²) in [5, 5.41) is 10.8. The van der Waals surface area contributed by atoms with Crippen LogP contribution in [0.25, 0.3) is 0 Å². The van der Waals surface area contributed by atoms with Gasteiger partial charge in [0.15, 0.2) is 0 Å².